The van der Waals surface area contributed by atoms with Crippen molar-refractivity contribution in [1.29, 1.82) is 0 Å². The maximum Gasteiger partial charge on any atom is 0.259 e. The van der Waals surface area contributed by atoms with Gasteiger partial charge < -0.3 is 9.55 Å². The number of nitrogens with zero attached hydrogens (tertiary/aromatic N) is 4. The number of aromatic nitrogens is 5. The fourth-order valence-corrected chi connectivity index (χ4v) is 6.04. The van der Waals surface area contributed by atoms with E-state index in [9.17, 15) is 4.79 Å². The van der Waals surface area contributed by atoms with Crippen LogP contribution in [-0.4, -0.2) is 24.7 Å². The lowest BCUT2D eigenvalue weighted by Gasteiger charge is -2.09. The molecule has 1 N–H and O–H groups in total. The molecule has 1 aliphatic carbocycles. The van der Waals surface area contributed by atoms with Crippen LogP contribution in [0.4, 0.5) is 0 Å². The van der Waals surface area contributed by atoms with Gasteiger partial charge in [0.15, 0.2) is 11.0 Å². The molecule has 0 radical (unpaired) electrons. The van der Waals surface area contributed by atoms with Crippen LogP contribution in [-0.2, 0) is 25.1 Å². The van der Waals surface area contributed by atoms with Crippen molar-refractivity contribution >= 4 is 33.3 Å². The van der Waals surface area contributed by atoms with Crippen molar-refractivity contribution in [3.8, 4) is 11.4 Å². The summed E-state index contributed by atoms with van der Waals surface area (Å²) in [7, 11) is 0. The first-order valence-electron chi connectivity index (χ1n) is 9.89. The number of thiophene rings is 1. The van der Waals surface area contributed by atoms with Crippen LogP contribution < -0.4 is 5.56 Å². The molecule has 0 saturated carbocycles. The number of benzene rings is 1. The lowest BCUT2D eigenvalue weighted by molar-refractivity contribution is 0.687. The van der Waals surface area contributed by atoms with E-state index < -0.39 is 0 Å². The molecule has 0 bridgehead atoms. The summed E-state index contributed by atoms with van der Waals surface area (Å²) in [5, 5.41) is 10.4. The SMILES string of the molecule is CCn1c(SCc2nc3sc4c(c3c(=O)[nH]2)CCCC4)nnc1-c1ccccc1. The summed E-state index contributed by atoms with van der Waals surface area (Å²) in [4.78, 5) is 22.7. The minimum atomic E-state index is -0.00747. The fraction of sp³-hybridized carbons (Fsp3) is 0.333. The topological polar surface area (TPSA) is 76.5 Å². The second-order valence-corrected chi connectivity index (χ2v) is 9.13. The Morgan fingerprint density at radius 2 is 2.00 bits per heavy atom. The summed E-state index contributed by atoms with van der Waals surface area (Å²) in [5.41, 5.74) is 2.26. The first kappa shape index (κ1) is 18.6. The van der Waals surface area contributed by atoms with Crippen molar-refractivity contribution < 1.29 is 0 Å². The molecule has 1 aromatic carbocycles. The van der Waals surface area contributed by atoms with E-state index in [-0.39, 0.29) is 5.56 Å². The quantitative estimate of drug-likeness (QED) is 0.481. The first-order valence-corrected chi connectivity index (χ1v) is 11.7. The molecule has 0 saturated heterocycles. The van der Waals surface area contributed by atoms with Gasteiger partial charge in [-0.2, -0.15) is 0 Å². The van der Waals surface area contributed by atoms with Gasteiger partial charge in [-0.25, -0.2) is 4.98 Å². The average Bonchev–Trinajstić information content (AvgIpc) is 3.33. The molecule has 0 fully saturated rings. The summed E-state index contributed by atoms with van der Waals surface area (Å²) in [6, 6.07) is 10.1. The number of hydrogen-bond acceptors (Lipinski definition) is 6. The van der Waals surface area contributed by atoms with Crippen molar-refractivity contribution in [2.45, 2.75) is 50.1 Å². The highest BCUT2D eigenvalue weighted by atomic mass is 32.2. The van der Waals surface area contributed by atoms with Crippen LogP contribution in [0.15, 0.2) is 40.3 Å². The number of rotatable bonds is 5. The molecular formula is C21H21N5OS2. The van der Waals surface area contributed by atoms with Crippen LogP contribution in [0.5, 0.6) is 0 Å². The van der Waals surface area contributed by atoms with Crippen LogP contribution in [0.1, 0.15) is 36.0 Å². The van der Waals surface area contributed by atoms with Gasteiger partial charge in [0.1, 0.15) is 10.7 Å². The van der Waals surface area contributed by atoms with E-state index in [1.807, 2.05) is 30.3 Å². The molecule has 148 valence electrons. The van der Waals surface area contributed by atoms with Gasteiger partial charge in [-0.1, -0.05) is 42.1 Å². The first-order chi connectivity index (χ1) is 14.2. The number of H-pyrrole nitrogens is 1. The van der Waals surface area contributed by atoms with Gasteiger partial charge in [0.25, 0.3) is 5.56 Å². The molecule has 0 spiro atoms. The lowest BCUT2D eigenvalue weighted by atomic mass is 9.97. The lowest BCUT2D eigenvalue weighted by Crippen LogP contribution is -2.12. The Labute approximate surface area is 176 Å². The van der Waals surface area contributed by atoms with Gasteiger partial charge >= 0.3 is 0 Å². The van der Waals surface area contributed by atoms with Gasteiger partial charge in [0, 0.05) is 17.0 Å². The Bertz CT molecular complexity index is 1230. The Balaban J connectivity index is 1.43. The zero-order valence-electron chi connectivity index (χ0n) is 16.1. The van der Waals surface area contributed by atoms with Crippen molar-refractivity contribution in [2.24, 2.45) is 0 Å². The molecule has 3 heterocycles. The van der Waals surface area contributed by atoms with Crippen molar-refractivity contribution in [3.05, 3.63) is 57.0 Å². The van der Waals surface area contributed by atoms with Crippen molar-refractivity contribution in [2.75, 3.05) is 0 Å². The number of thioether (sulfide) groups is 1. The zero-order valence-corrected chi connectivity index (χ0v) is 17.8. The van der Waals surface area contributed by atoms with E-state index in [1.54, 1.807) is 23.1 Å². The Morgan fingerprint density at radius 1 is 1.17 bits per heavy atom. The normalized spacial score (nSPS) is 13.7. The largest absolute Gasteiger partial charge is 0.309 e. The maximum atomic E-state index is 12.7. The van der Waals surface area contributed by atoms with E-state index >= 15 is 0 Å². The molecule has 5 rings (SSSR count). The molecule has 29 heavy (non-hydrogen) atoms. The molecule has 0 atom stereocenters. The third-order valence-corrected chi connectivity index (χ3v) is 7.44. The summed E-state index contributed by atoms with van der Waals surface area (Å²) in [6.45, 7) is 2.86. The van der Waals surface area contributed by atoms with Crippen LogP contribution in [0, 0.1) is 0 Å². The van der Waals surface area contributed by atoms with Gasteiger partial charge in [0.05, 0.1) is 11.1 Å². The molecule has 3 aromatic heterocycles. The number of nitrogens with one attached hydrogen (secondary N) is 1. The fourth-order valence-electron chi connectivity index (χ4n) is 3.89. The minimum absolute atomic E-state index is 0.00747. The van der Waals surface area contributed by atoms with E-state index in [0.717, 1.165) is 52.6 Å². The van der Waals surface area contributed by atoms with Gasteiger partial charge in [-0.3, -0.25) is 4.79 Å². The third-order valence-electron chi connectivity index (χ3n) is 5.28. The standard InChI is InChI=1S/C21H21N5OS2/c1-2-26-18(13-8-4-3-5-9-13)24-25-21(26)28-12-16-22-19(27)17-14-10-6-7-11-15(14)29-20(17)23-16/h3-5,8-9H,2,6-7,10-12H2,1H3,(H,22,23,27). The minimum Gasteiger partial charge on any atom is -0.309 e. The number of hydrogen-bond donors (Lipinski definition) is 1. The highest BCUT2D eigenvalue weighted by Crippen LogP contribution is 2.34. The molecule has 1 aliphatic rings. The number of fused-ring (bicyclic) bond motifs is 3. The van der Waals surface area contributed by atoms with Gasteiger partial charge in [0.2, 0.25) is 0 Å². The molecule has 0 amide bonds. The summed E-state index contributed by atoms with van der Waals surface area (Å²) < 4.78 is 2.10. The molecule has 0 aliphatic heterocycles. The Hall–Kier alpha value is -2.45. The summed E-state index contributed by atoms with van der Waals surface area (Å²) in [5.74, 6) is 2.11. The Kier molecular flexibility index (Phi) is 4.97. The molecule has 6 nitrogen and oxygen atoms in total. The Morgan fingerprint density at radius 3 is 2.83 bits per heavy atom. The number of aromatic amines is 1. The average molecular weight is 424 g/mol. The molecule has 4 aromatic rings. The summed E-state index contributed by atoms with van der Waals surface area (Å²) >= 11 is 3.24. The predicted molar refractivity (Wildman–Crippen MR) is 118 cm³/mol. The predicted octanol–water partition coefficient (Wildman–Crippen LogP) is 4.43. The van der Waals surface area contributed by atoms with Crippen molar-refractivity contribution in [1.82, 2.24) is 24.7 Å². The van der Waals surface area contributed by atoms with Crippen LogP contribution in [0.3, 0.4) is 0 Å². The van der Waals surface area contributed by atoms with E-state index in [2.05, 4.69) is 26.7 Å². The molecule has 0 unspecified atom stereocenters. The summed E-state index contributed by atoms with van der Waals surface area (Å²) in [6.07, 6.45) is 4.43. The van der Waals surface area contributed by atoms with Crippen LogP contribution in [0.2, 0.25) is 0 Å². The number of aryl methyl sites for hydroxylation is 2. The zero-order chi connectivity index (χ0) is 19.8. The van der Waals surface area contributed by atoms with Crippen LogP contribution >= 0.6 is 23.1 Å². The van der Waals surface area contributed by atoms with E-state index in [0.29, 0.717) is 11.6 Å². The van der Waals surface area contributed by atoms with Crippen LogP contribution in [0.25, 0.3) is 21.6 Å². The second kappa shape index (κ2) is 7.76. The van der Waals surface area contributed by atoms with Gasteiger partial charge in [-0.05, 0) is 38.2 Å². The second-order valence-electron chi connectivity index (χ2n) is 7.11. The maximum absolute atomic E-state index is 12.7. The van der Waals surface area contributed by atoms with E-state index in [4.69, 9.17) is 4.98 Å². The van der Waals surface area contributed by atoms with E-state index in [1.165, 1.54) is 16.9 Å². The monoisotopic (exact) mass is 423 g/mol. The van der Waals surface area contributed by atoms with Crippen molar-refractivity contribution in [3.63, 3.8) is 0 Å². The smallest absolute Gasteiger partial charge is 0.259 e. The third kappa shape index (κ3) is 3.40. The molecule has 8 heteroatoms. The van der Waals surface area contributed by atoms with Gasteiger partial charge in [-0.15, -0.1) is 21.5 Å². The highest BCUT2D eigenvalue weighted by Gasteiger charge is 2.20. The molecular weight excluding hydrogens is 402 g/mol. The highest BCUT2D eigenvalue weighted by molar-refractivity contribution is 7.98.